The Bertz CT molecular complexity index is 1740. The fraction of sp³-hybridized carbons (Fsp3) is 0.250. The van der Waals surface area contributed by atoms with Crippen molar-refractivity contribution in [1.29, 1.82) is 0 Å². The van der Waals surface area contributed by atoms with Crippen LogP contribution < -0.4 is 38.1 Å². The maximum Gasteiger partial charge on any atom is 0.394 e. The Kier molecular flexibility index (Phi) is 18.4. The first-order valence-corrected chi connectivity index (χ1v) is 16.8. The highest BCUT2D eigenvalue weighted by molar-refractivity contribution is 7.79. The molecule has 0 bridgehead atoms. The van der Waals surface area contributed by atoms with Gasteiger partial charge in [0.2, 0.25) is 0 Å². The Balaban J connectivity index is 0.000000375. The number of halogens is 2. The molecule has 49 heavy (non-hydrogen) atoms. The number of ketones is 1. The second-order valence-corrected chi connectivity index (χ2v) is 11.7. The van der Waals surface area contributed by atoms with Crippen molar-refractivity contribution in [3.8, 4) is 17.2 Å². The molecule has 1 aliphatic carbocycles. The lowest BCUT2D eigenvalue weighted by atomic mass is 10.1. The Morgan fingerprint density at radius 1 is 0.755 bits per heavy atom. The number of rotatable bonds is 9. The number of phenolic OH excluding ortho intramolecular Hbond substituents is 1. The topological polar surface area (TPSA) is 273 Å². The molecule has 268 valence electrons. The minimum atomic E-state index is -4.67. The van der Waals surface area contributed by atoms with Crippen LogP contribution in [-0.4, -0.2) is 47.3 Å². The van der Waals surface area contributed by atoms with Crippen LogP contribution >= 0.6 is 23.2 Å². The van der Waals surface area contributed by atoms with E-state index in [0.29, 0.717) is 58.8 Å². The van der Waals surface area contributed by atoms with Crippen LogP contribution in [0.4, 0.5) is 34.1 Å². The molecule has 3 aromatic rings. The van der Waals surface area contributed by atoms with E-state index in [2.05, 4.69) is 18.8 Å². The van der Waals surface area contributed by atoms with E-state index in [0.717, 1.165) is 31.4 Å². The molecule has 14 nitrogen and oxygen atoms in total. The summed E-state index contributed by atoms with van der Waals surface area (Å²) in [6, 6.07) is 13.2. The summed E-state index contributed by atoms with van der Waals surface area (Å²) in [4.78, 5) is 15.7. The quantitative estimate of drug-likeness (QED) is 0.0390. The number of nitrogens with zero attached hydrogens (tertiary/aromatic N) is 1. The average molecular weight is 742 g/mol. The fourth-order valence-electron chi connectivity index (χ4n) is 3.40. The van der Waals surface area contributed by atoms with E-state index in [1.54, 1.807) is 42.5 Å². The number of aromatic hydroxyl groups is 1. The highest BCUT2D eigenvalue weighted by atomic mass is 35.5. The number of nitrogens with two attached hydrogens (primary N) is 5. The van der Waals surface area contributed by atoms with E-state index in [-0.39, 0.29) is 21.6 Å². The maximum atomic E-state index is 11.3. The van der Waals surface area contributed by atoms with Gasteiger partial charge >= 0.3 is 10.4 Å². The summed E-state index contributed by atoms with van der Waals surface area (Å²) < 4.78 is 42.7. The van der Waals surface area contributed by atoms with Crippen LogP contribution in [0.2, 0.25) is 5.02 Å². The highest BCUT2D eigenvalue weighted by Crippen LogP contribution is 2.34. The molecule has 0 aromatic heterocycles. The number of benzene rings is 3. The van der Waals surface area contributed by atoms with Gasteiger partial charge < -0.3 is 43.2 Å². The molecule has 0 unspecified atom stereocenters. The minimum absolute atomic E-state index is 0.0610. The molecule has 0 radical (unpaired) electrons. The number of ether oxygens (including phenoxy) is 2. The molecule has 4 rings (SSSR count). The number of carbonyl (C=O) groups excluding carboxylic acids is 1. The predicted molar refractivity (Wildman–Crippen MR) is 198 cm³/mol. The highest BCUT2D eigenvalue weighted by Gasteiger charge is 2.11. The third kappa shape index (κ3) is 17.9. The van der Waals surface area contributed by atoms with Crippen molar-refractivity contribution < 1.29 is 36.9 Å². The molecule has 0 atom stereocenters. The summed E-state index contributed by atoms with van der Waals surface area (Å²) in [7, 11) is -4.67. The van der Waals surface area contributed by atoms with E-state index in [4.69, 9.17) is 84.0 Å². The molecule has 0 saturated heterocycles. The lowest BCUT2D eigenvalue weighted by molar-refractivity contribution is -0.110. The van der Waals surface area contributed by atoms with Gasteiger partial charge in [-0.05, 0) is 73.5 Å². The van der Waals surface area contributed by atoms with Crippen LogP contribution in [0.5, 0.6) is 17.2 Å². The molecule has 0 amide bonds. The van der Waals surface area contributed by atoms with E-state index < -0.39 is 10.4 Å². The van der Waals surface area contributed by atoms with Gasteiger partial charge in [0.15, 0.2) is 5.78 Å². The number of anilines is 5. The van der Waals surface area contributed by atoms with Crippen LogP contribution in [0.3, 0.4) is 0 Å². The number of phenols is 1. The van der Waals surface area contributed by atoms with E-state index >= 15 is 0 Å². The largest absolute Gasteiger partial charge is 0.506 e. The SMILES string of the molecule is CCCCOc1cc(N=C2C=CC(=O)C(Cl)=C2)c(N)cc1N.CCCCOc1ccc(N)cc1N.Nc1ccc(O)c(Cl)c1.O=S(=O)(O)O. The number of hydrogen-bond donors (Lipinski definition) is 8. The number of aliphatic imine (C=N–C) groups is 1. The van der Waals surface area contributed by atoms with E-state index in [9.17, 15) is 4.79 Å². The van der Waals surface area contributed by atoms with Gasteiger partial charge in [0.05, 0.1) is 51.7 Å². The molecule has 3 aromatic carbocycles. The zero-order valence-electron chi connectivity index (χ0n) is 27.0. The van der Waals surface area contributed by atoms with Crippen LogP contribution in [0.15, 0.2) is 76.8 Å². The molecule has 1 aliphatic rings. The first-order chi connectivity index (χ1) is 22.9. The molecule has 0 spiro atoms. The number of allylic oxidation sites excluding steroid dienone is 4. The molecule has 17 heteroatoms. The third-order valence-electron chi connectivity index (χ3n) is 5.84. The van der Waals surface area contributed by atoms with Crippen LogP contribution in [-0.2, 0) is 15.2 Å². The minimum Gasteiger partial charge on any atom is -0.506 e. The number of unbranched alkanes of at least 4 members (excludes halogenated alkanes) is 2. The smallest absolute Gasteiger partial charge is 0.394 e. The van der Waals surface area contributed by atoms with Gasteiger partial charge in [-0.15, -0.1) is 0 Å². The molecule has 0 heterocycles. The molecule has 0 saturated carbocycles. The van der Waals surface area contributed by atoms with Crippen molar-refractivity contribution in [3.63, 3.8) is 0 Å². The van der Waals surface area contributed by atoms with Gasteiger partial charge in [0.1, 0.15) is 17.2 Å². The Morgan fingerprint density at radius 2 is 1.29 bits per heavy atom. The number of hydrogen-bond acceptors (Lipinski definition) is 12. The summed E-state index contributed by atoms with van der Waals surface area (Å²) >= 11 is 11.3. The van der Waals surface area contributed by atoms with Crippen LogP contribution in [0, 0.1) is 0 Å². The van der Waals surface area contributed by atoms with Crippen molar-refractivity contribution in [2.24, 2.45) is 4.99 Å². The van der Waals surface area contributed by atoms with Crippen molar-refractivity contribution >= 4 is 79.2 Å². The average Bonchev–Trinajstić information content (AvgIpc) is 3.00. The van der Waals surface area contributed by atoms with Gasteiger partial charge in [-0.3, -0.25) is 13.9 Å². The predicted octanol–water partition coefficient (Wildman–Crippen LogP) is 6.37. The summed E-state index contributed by atoms with van der Waals surface area (Å²) in [6.45, 7) is 5.50. The second kappa shape index (κ2) is 21.3. The van der Waals surface area contributed by atoms with Gasteiger partial charge in [0.25, 0.3) is 0 Å². The maximum absolute atomic E-state index is 11.3. The van der Waals surface area contributed by atoms with Crippen molar-refractivity contribution in [2.75, 3.05) is 41.9 Å². The van der Waals surface area contributed by atoms with Crippen molar-refractivity contribution in [3.05, 3.63) is 76.8 Å². The first-order valence-electron chi connectivity index (χ1n) is 14.7. The Labute approximate surface area is 295 Å². The fourth-order valence-corrected chi connectivity index (χ4v) is 3.76. The van der Waals surface area contributed by atoms with Crippen molar-refractivity contribution in [2.45, 2.75) is 39.5 Å². The number of nitrogen functional groups attached to an aromatic ring is 5. The third-order valence-corrected chi connectivity index (χ3v) is 6.44. The van der Waals surface area contributed by atoms with Crippen LogP contribution in [0.1, 0.15) is 39.5 Å². The lowest BCUT2D eigenvalue weighted by Crippen LogP contribution is -2.04. The van der Waals surface area contributed by atoms with Gasteiger partial charge in [0, 0.05) is 17.4 Å². The van der Waals surface area contributed by atoms with Gasteiger partial charge in [-0.2, -0.15) is 8.42 Å². The molecule has 0 aliphatic heterocycles. The first kappa shape index (κ1) is 42.4. The van der Waals surface area contributed by atoms with Crippen molar-refractivity contribution in [1.82, 2.24) is 0 Å². The second-order valence-electron chi connectivity index (χ2n) is 10.0. The Hall–Kier alpha value is -4.67. The van der Waals surface area contributed by atoms with Crippen LogP contribution in [0.25, 0.3) is 0 Å². The van der Waals surface area contributed by atoms with Gasteiger partial charge in [-0.25, -0.2) is 4.99 Å². The zero-order chi connectivity index (χ0) is 37.1. The van der Waals surface area contributed by atoms with E-state index in [1.165, 1.54) is 24.3 Å². The summed E-state index contributed by atoms with van der Waals surface area (Å²) in [5.41, 5.74) is 32.2. The normalized spacial score (nSPS) is 12.7. The van der Waals surface area contributed by atoms with Gasteiger partial charge in [-0.1, -0.05) is 49.9 Å². The standard InChI is InChI=1S/C16H18ClN3O2.C10H16N2O.C6H6ClNO.H2O4S/c1-2-3-6-22-16-9-14(12(18)8-13(16)19)20-10-4-5-15(21)11(17)7-10;1-2-3-6-13-10-5-4-8(11)7-9(10)12;7-5-3-4(8)1-2-6(5)9;1-5(2,3)4/h4-5,7-9H,2-3,6,18-19H2,1H3;4-5,7H,2-3,6,11-12H2,1H3;1-3,9H,8H2;(H2,1,2,3,4). The molecule has 13 N–H and O–H groups in total. The zero-order valence-corrected chi connectivity index (χ0v) is 29.3. The summed E-state index contributed by atoms with van der Waals surface area (Å²) in [5, 5.41) is 9.26. The molecule has 0 fully saturated rings. The number of carbonyl (C=O) groups is 1. The van der Waals surface area contributed by atoms with E-state index in [1.807, 2.05) is 0 Å². The summed E-state index contributed by atoms with van der Waals surface area (Å²) in [6.07, 6.45) is 8.59. The lowest BCUT2D eigenvalue weighted by Gasteiger charge is -2.11. The molecular weight excluding hydrogens is 699 g/mol. The summed E-state index contributed by atoms with van der Waals surface area (Å²) in [5.74, 6) is 1.09. The molecular formula is C32H42Cl2N6O8S. The Morgan fingerprint density at radius 3 is 1.80 bits per heavy atom. The monoisotopic (exact) mass is 740 g/mol.